The molecule has 0 saturated heterocycles. The van der Waals surface area contributed by atoms with Crippen molar-refractivity contribution in [3.8, 4) is 0 Å². The summed E-state index contributed by atoms with van der Waals surface area (Å²) in [5.41, 5.74) is 0. The minimum atomic E-state index is -0.783. The van der Waals surface area contributed by atoms with Crippen LogP contribution >= 0.6 is 0 Å². The Balaban J connectivity index is 4.16. The molecule has 0 rings (SSSR count). The maximum absolute atomic E-state index is 12.9. The standard InChI is InChI=1S/C71H124O6/c1-4-7-10-13-16-19-22-25-27-28-29-30-31-32-33-34-35-36-37-38-39-40-41-42-44-46-49-52-55-58-61-64-70(73)76-67-68(66-75-69(72)63-60-57-54-51-48-45-24-21-18-15-12-9-6-3)77-71(74)65-62-59-56-53-50-47-43-26-23-20-17-14-11-8-5-2/h7-8,10-11,16-17,19-20,25-27,29-30,43,68H,4-6,9,12-15,18,21-24,28,31-42,44-67H2,1-3H3/b10-7-,11-8-,19-16-,20-17-,27-25-,30-29-,43-26-. The van der Waals surface area contributed by atoms with Crippen LogP contribution < -0.4 is 0 Å². The quantitative estimate of drug-likeness (QED) is 0.0261. The van der Waals surface area contributed by atoms with E-state index in [1.54, 1.807) is 0 Å². The van der Waals surface area contributed by atoms with E-state index in [4.69, 9.17) is 14.2 Å². The minimum absolute atomic E-state index is 0.0786. The van der Waals surface area contributed by atoms with E-state index in [-0.39, 0.29) is 31.1 Å². The third kappa shape index (κ3) is 63.3. The zero-order valence-electron chi connectivity index (χ0n) is 51.0. The number of esters is 3. The summed E-state index contributed by atoms with van der Waals surface area (Å²) in [5.74, 6) is -0.880. The summed E-state index contributed by atoms with van der Waals surface area (Å²) in [4.78, 5) is 38.3. The SMILES string of the molecule is CC/C=C\C/C=C\C/C=C\C/C=C\CCCCCCCCCCCCCCCCCCCCC(=O)OCC(COC(=O)CCCCCCCCCCCCCCC)OC(=O)CCCCCCC/C=C\C/C=C\C/C=C\CC. The third-order valence-corrected chi connectivity index (χ3v) is 14.4. The van der Waals surface area contributed by atoms with Crippen LogP contribution in [-0.4, -0.2) is 37.2 Å². The van der Waals surface area contributed by atoms with Crippen molar-refractivity contribution in [3.05, 3.63) is 85.1 Å². The summed E-state index contributed by atoms with van der Waals surface area (Å²) in [6.45, 7) is 6.44. The van der Waals surface area contributed by atoms with Gasteiger partial charge in [-0.3, -0.25) is 14.4 Å². The van der Waals surface area contributed by atoms with E-state index in [9.17, 15) is 14.4 Å². The highest BCUT2D eigenvalue weighted by molar-refractivity contribution is 5.71. The summed E-state index contributed by atoms with van der Waals surface area (Å²) in [5, 5.41) is 0. The predicted octanol–water partition coefficient (Wildman–Crippen LogP) is 22.7. The van der Waals surface area contributed by atoms with Crippen LogP contribution in [0.4, 0.5) is 0 Å². The molecule has 0 N–H and O–H groups in total. The van der Waals surface area contributed by atoms with Gasteiger partial charge in [-0.1, -0.05) is 305 Å². The van der Waals surface area contributed by atoms with Crippen LogP contribution in [0.25, 0.3) is 0 Å². The summed E-state index contributed by atoms with van der Waals surface area (Å²) in [6.07, 6.45) is 86.1. The summed E-state index contributed by atoms with van der Waals surface area (Å²) >= 11 is 0. The zero-order valence-corrected chi connectivity index (χ0v) is 51.0. The lowest BCUT2D eigenvalue weighted by molar-refractivity contribution is -0.167. The van der Waals surface area contributed by atoms with Crippen molar-refractivity contribution < 1.29 is 28.6 Å². The van der Waals surface area contributed by atoms with Crippen molar-refractivity contribution in [1.29, 1.82) is 0 Å². The van der Waals surface area contributed by atoms with E-state index >= 15 is 0 Å². The molecule has 1 unspecified atom stereocenters. The fourth-order valence-corrected chi connectivity index (χ4v) is 9.51. The smallest absolute Gasteiger partial charge is 0.306 e. The van der Waals surface area contributed by atoms with Crippen molar-refractivity contribution in [2.45, 2.75) is 335 Å². The molecule has 0 aliphatic heterocycles. The number of allylic oxidation sites excluding steroid dienone is 14. The molecule has 0 bridgehead atoms. The Hall–Kier alpha value is -3.41. The summed E-state index contributed by atoms with van der Waals surface area (Å²) in [7, 11) is 0. The topological polar surface area (TPSA) is 78.9 Å². The lowest BCUT2D eigenvalue weighted by Gasteiger charge is -2.18. The van der Waals surface area contributed by atoms with Crippen molar-refractivity contribution >= 4 is 17.9 Å². The number of rotatable bonds is 60. The minimum Gasteiger partial charge on any atom is -0.462 e. The maximum atomic E-state index is 12.9. The van der Waals surface area contributed by atoms with E-state index in [1.165, 1.54) is 167 Å². The van der Waals surface area contributed by atoms with E-state index in [1.807, 2.05) is 0 Å². The van der Waals surface area contributed by atoms with Crippen LogP contribution in [0.3, 0.4) is 0 Å². The summed E-state index contributed by atoms with van der Waals surface area (Å²) < 4.78 is 16.9. The highest BCUT2D eigenvalue weighted by Gasteiger charge is 2.19. The first-order valence-electron chi connectivity index (χ1n) is 33.1. The van der Waals surface area contributed by atoms with Crippen LogP contribution in [-0.2, 0) is 28.6 Å². The average Bonchev–Trinajstić information content (AvgIpc) is 3.43. The normalized spacial score (nSPS) is 12.6. The lowest BCUT2D eigenvalue weighted by atomic mass is 10.0. The molecule has 0 aromatic carbocycles. The molecule has 0 radical (unpaired) electrons. The molecule has 0 aliphatic carbocycles. The van der Waals surface area contributed by atoms with E-state index in [0.29, 0.717) is 19.3 Å². The lowest BCUT2D eigenvalue weighted by Crippen LogP contribution is -2.30. The van der Waals surface area contributed by atoms with Gasteiger partial charge in [-0.15, -0.1) is 0 Å². The Morgan fingerprint density at radius 3 is 0.792 bits per heavy atom. The van der Waals surface area contributed by atoms with Gasteiger partial charge >= 0.3 is 17.9 Å². The van der Waals surface area contributed by atoms with Gasteiger partial charge in [0.05, 0.1) is 0 Å². The van der Waals surface area contributed by atoms with Crippen LogP contribution in [0.15, 0.2) is 85.1 Å². The number of hydrogen-bond acceptors (Lipinski definition) is 6. The van der Waals surface area contributed by atoms with Gasteiger partial charge in [-0.2, -0.15) is 0 Å². The van der Waals surface area contributed by atoms with E-state index in [0.717, 1.165) is 122 Å². The zero-order chi connectivity index (χ0) is 55.7. The Kier molecular flexibility index (Phi) is 62.2. The molecule has 77 heavy (non-hydrogen) atoms. The maximum Gasteiger partial charge on any atom is 0.306 e. The molecule has 0 aromatic heterocycles. The molecular formula is C71H124O6. The molecule has 0 amide bonds. The van der Waals surface area contributed by atoms with Gasteiger partial charge in [-0.25, -0.2) is 0 Å². The third-order valence-electron chi connectivity index (χ3n) is 14.4. The van der Waals surface area contributed by atoms with Gasteiger partial charge in [-0.05, 0) is 89.9 Å². The molecule has 0 aromatic rings. The Labute approximate surface area is 477 Å². The van der Waals surface area contributed by atoms with Gasteiger partial charge in [0.25, 0.3) is 0 Å². The number of unbranched alkanes of at least 4 members (excludes halogenated alkanes) is 35. The number of hydrogen-bond donors (Lipinski definition) is 0. The number of carbonyl (C=O) groups is 3. The second-order valence-electron chi connectivity index (χ2n) is 22.0. The molecule has 0 saturated carbocycles. The van der Waals surface area contributed by atoms with Gasteiger partial charge in [0.2, 0.25) is 0 Å². The first-order chi connectivity index (χ1) is 38.0. The monoisotopic (exact) mass is 1070 g/mol. The number of ether oxygens (including phenoxy) is 3. The number of carbonyl (C=O) groups excluding carboxylic acids is 3. The van der Waals surface area contributed by atoms with Gasteiger partial charge in [0, 0.05) is 19.3 Å². The molecule has 0 heterocycles. The van der Waals surface area contributed by atoms with Crippen molar-refractivity contribution in [2.75, 3.05) is 13.2 Å². The molecule has 0 aliphatic rings. The van der Waals surface area contributed by atoms with Crippen LogP contribution in [0, 0.1) is 0 Å². The fraction of sp³-hybridized carbons (Fsp3) is 0.761. The molecule has 0 fully saturated rings. The molecule has 1 atom stereocenters. The highest BCUT2D eigenvalue weighted by atomic mass is 16.6. The van der Waals surface area contributed by atoms with Gasteiger partial charge in [0.1, 0.15) is 13.2 Å². The molecule has 0 spiro atoms. The molecule has 6 nitrogen and oxygen atoms in total. The van der Waals surface area contributed by atoms with Crippen molar-refractivity contribution in [1.82, 2.24) is 0 Å². The second kappa shape index (κ2) is 65.1. The largest absolute Gasteiger partial charge is 0.462 e. The summed E-state index contributed by atoms with van der Waals surface area (Å²) in [6, 6.07) is 0. The van der Waals surface area contributed by atoms with E-state index < -0.39 is 6.10 Å². The van der Waals surface area contributed by atoms with Crippen LogP contribution in [0.1, 0.15) is 329 Å². The average molecular weight is 1070 g/mol. The molecular weight excluding hydrogens is 949 g/mol. The van der Waals surface area contributed by atoms with E-state index in [2.05, 4.69) is 106 Å². The Bertz CT molecular complexity index is 1470. The Morgan fingerprint density at radius 1 is 0.273 bits per heavy atom. The predicted molar refractivity (Wildman–Crippen MR) is 334 cm³/mol. The second-order valence-corrected chi connectivity index (χ2v) is 22.0. The first kappa shape index (κ1) is 73.6. The molecule has 6 heteroatoms. The molecule has 444 valence electrons. The van der Waals surface area contributed by atoms with Gasteiger partial charge in [0.15, 0.2) is 6.10 Å². The highest BCUT2D eigenvalue weighted by Crippen LogP contribution is 2.17. The van der Waals surface area contributed by atoms with Crippen LogP contribution in [0.5, 0.6) is 0 Å². The van der Waals surface area contributed by atoms with Crippen LogP contribution in [0.2, 0.25) is 0 Å². The van der Waals surface area contributed by atoms with Crippen molar-refractivity contribution in [2.24, 2.45) is 0 Å². The van der Waals surface area contributed by atoms with Gasteiger partial charge < -0.3 is 14.2 Å². The first-order valence-corrected chi connectivity index (χ1v) is 33.1. The fourth-order valence-electron chi connectivity index (χ4n) is 9.51. The van der Waals surface area contributed by atoms with Crippen molar-refractivity contribution in [3.63, 3.8) is 0 Å². The Morgan fingerprint density at radius 2 is 0.506 bits per heavy atom.